The first-order chi connectivity index (χ1) is 13.1. The van der Waals surface area contributed by atoms with Gasteiger partial charge in [0.25, 0.3) is 0 Å². The number of aryl methyl sites for hydroxylation is 2. The molecule has 0 spiro atoms. The van der Waals surface area contributed by atoms with E-state index in [2.05, 4.69) is 15.3 Å². The summed E-state index contributed by atoms with van der Waals surface area (Å²) in [5.74, 6) is -1.03. The number of aliphatic hydroxyl groups excluding tert-OH is 1. The summed E-state index contributed by atoms with van der Waals surface area (Å²) in [6.07, 6.45) is 5.17. The molecule has 8 heteroatoms. The van der Waals surface area contributed by atoms with E-state index < -0.39 is 17.7 Å². The molecule has 0 radical (unpaired) electrons. The summed E-state index contributed by atoms with van der Waals surface area (Å²) in [6.45, 7) is 0.175. The topological polar surface area (TPSA) is 67.3 Å². The second-order valence-electron chi connectivity index (χ2n) is 6.53. The number of aliphatic hydroxyl groups is 1. The molecule has 2 heterocycles. The first-order valence-corrected chi connectivity index (χ1v) is 9.68. The van der Waals surface area contributed by atoms with Gasteiger partial charge in [-0.05, 0) is 43.4 Å². The molecule has 0 bridgehead atoms. The molecule has 27 heavy (non-hydrogen) atoms. The minimum atomic E-state index is -0.981. The second kappa shape index (κ2) is 7.74. The summed E-state index contributed by atoms with van der Waals surface area (Å²) in [5, 5.41) is 14.4. The third-order valence-electron chi connectivity index (χ3n) is 4.59. The standard InChI is InChI=1S/C19H19F2N3O2S/c20-14-6-5-12(7-15(14)21)26-9-11(25)8-22-18-17-13-3-1-2-4-16(13)27-19(17)24-10-23-18/h5-7,10-11,25H,1-4,8-9H2,(H,22,23,24)/t11-/m1/s1. The number of halogens is 2. The molecule has 1 aromatic carbocycles. The van der Waals surface area contributed by atoms with Crippen molar-refractivity contribution in [2.75, 3.05) is 18.5 Å². The largest absolute Gasteiger partial charge is 0.491 e. The zero-order chi connectivity index (χ0) is 18.8. The van der Waals surface area contributed by atoms with Crippen molar-refractivity contribution in [2.45, 2.75) is 31.8 Å². The molecule has 0 saturated carbocycles. The van der Waals surface area contributed by atoms with Crippen LogP contribution in [0.1, 0.15) is 23.3 Å². The van der Waals surface area contributed by atoms with E-state index in [4.69, 9.17) is 4.74 Å². The van der Waals surface area contributed by atoms with Crippen molar-refractivity contribution in [1.29, 1.82) is 0 Å². The van der Waals surface area contributed by atoms with Gasteiger partial charge in [-0.3, -0.25) is 0 Å². The van der Waals surface area contributed by atoms with Gasteiger partial charge in [0, 0.05) is 17.5 Å². The summed E-state index contributed by atoms with van der Waals surface area (Å²) < 4.78 is 31.4. The Morgan fingerprint density at radius 1 is 1.19 bits per heavy atom. The Hall–Kier alpha value is -2.32. The van der Waals surface area contributed by atoms with Gasteiger partial charge in [-0.25, -0.2) is 18.7 Å². The maximum atomic E-state index is 13.2. The van der Waals surface area contributed by atoms with E-state index >= 15 is 0 Å². The number of hydrogen-bond donors (Lipinski definition) is 2. The number of fused-ring (bicyclic) bond motifs is 3. The fraction of sp³-hybridized carbons (Fsp3) is 0.368. The van der Waals surface area contributed by atoms with Gasteiger partial charge in [-0.2, -0.15) is 0 Å². The molecule has 2 aromatic heterocycles. The van der Waals surface area contributed by atoms with Crippen LogP contribution in [0.3, 0.4) is 0 Å². The summed E-state index contributed by atoms with van der Waals surface area (Å²) in [7, 11) is 0. The van der Waals surface area contributed by atoms with Gasteiger partial charge in [-0.1, -0.05) is 0 Å². The maximum Gasteiger partial charge on any atom is 0.162 e. The predicted molar refractivity (Wildman–Crippen MR) is 100 cm³/mol. The molecule has 4 rings (SSSR count). The molecule has 3 aromatic rings. The molecule has 5 nitrogen and oxygen atoms in total. The fourth-order valence-electron chi connectivity index (χ4n) is 3.26. The summed E-state index contributed by atoms with van der Waals surface area (Å²) in [5.41, 5.74) is 1.32. The number of hydrogen-bond acceptors (Lipinski definition) is 6. The summed E-state index contributed by atoms with van der Waals surface area (Å²) in [6, 6.07) is 3.28. The Morgan fingerprint density at radius 3 is 2.89 bits per heavy atom. The van der Waals surface area contributed by atoms with Gasteiger partial charge in [0.2, 0.25) is 0 Å². The Labute approximate surface area is 159 Å². The van der Waals surface area contributed by atoms with E-state index in [1.807, 2.05) is 0 Å². The molecule has 1 atom stereocenters. The van der Waals surface area contributed by atoms with Crippen LogP contribution in [0.25, 0.3) is 10.2 Å². The van der Waals surface area contributed by atoms with Crippen molar-refractivity contribution >= 4 is 27.4 Å². The van der Waals surface area contributed by atoms with Crippen LogP contribution < -0.4 is 10.1 Å². The third-order valence-corrected chi connectivity index (χ3v) is 5.79. The van der Waals surface area contributed by atoms with Crippen molar-refractivity contribution in [3.63, 3.8) is 0 Å². The molecule has 1 aliphatic rings. The molecule has 0 unspecified atom stereocenters. The van der Waals surface area contributed by atoms with Crippen molar-refractivity contribution in [3.8, 4) is 5.75 Å². The van der Waals surface area contributed by atoms with Crippen molar-refractivity contribution in [2.24, 2.45) is 0 Å². The quantitative estimate of drug-likeness (QED) is 0.671. The van der Waals surface area contributed by atoms with Gasteiger partial charge < -0.3 is 15.2 Å². The van der Waals surface area contributed by atoms with Crippen molar-refractivity contribution in [3.05, 3.63) is 46.6 Å². The number of thiophene rings is 1. The molecule has 0 amide bonds. The van der Waals surface area contributed by atoms with E-state index in [-0.39, 0.29) is 18.9 Å². The molecule has 0 fully saturated rings. The molecule has 142 valence electrons. The molecular formula is C19H19F2N3O2S. The molecule has 0 aliphatic heterocycles. The minimum Gasteiger partial charge on any atom is -0.491 e. The second-order valence-corrected chi connectivity index (χ2v) is 7.62. The van der Waals surface area contributed by atoms with Crippen LogP contribution in [0.5, 0.6) is 5.75 Å². The fourth-order valence-corrected chi connectivity index (χ4v) is 4.49. The predicted octanol–water partition coefficient (Wildman–Crippen LogP) is 3.70. The van der Waals surface area contributed by atoms with Crippen molar-refractivity contribution < 1.29 is 18.6 Å². The number of anilines is 1. The van der Waals surface area contributed by atoms with Gasteiger partial charge in [-0.15, -0.1) is 11.3 Å². The molecule has 0 saturated heterocycles. The highest BCUT2D eigenvalue weighted by Crippen LogP contribution is 2.38. The van der Waals surface area contributed by atoms with E-state index in [1.54, 1.807) is 11.3 Å². The van der Waals surface area contributed by atoms with Gasteiger partial charge >= 0.3 is 0 Å². The smallest absolute Gasteiger partial charge is 0.162 e. The van der Waals surface area contributed by atoms with Crippen LogP contribution in [0.2, 0.25) is 0 Å². The number of rotatable bonds is 6. The van der Waals surface area contributed by atoms with E-state index in [1.165, 1.54) is 29.3 Å². The van der Waals surface area contributed by atoms with E-state index in [9.17, 15) is 13.9 Å². The first-order valence-electron chi connectivity index (χ1n) is 8.87. The summed E-state index contributed by atoms with van der Waals surface area (Å²) >= 11 is 1.71. The normalized spacial score (nSPS) is 14.8. The average molecular weight is 391 g/mol. The van der Waals surface area contributed by atoms with Crippen LogP contribution in [0, 0.1) is 11.6 Å². The number of nitrogens with one attached hydrogen (secondary N) is 1. The molecule has 2 N–H and O–H groups in total. The lowest BCUT2D eigenvalue weighted by molar-refractivity contribution is 0.117. The van der Waals surface area contributed by atoms with Gasteiger partial charge in [0.1, 0.15) is 35.4 Å². The molecular weight excluding hydrogens is 372 g/mol. The van der Waals surface area contributed by atoms with Crippen LogP contribution in [0.15, 0.2) is 24.5 Å². The van der Waals surface area contributed by atoms with Crippen LogP contribution in [-0.2, 0) is 12.8 Å². The monoisotopic (exact) mass is 391 g/mol. The number of benzene rings is 1. The Balaban J connectivity index is 1.41. The summed E-state index contributed by atoms with van der Waals surface area (Å²) in [4.78, 5) is 11.1. The lowest BCUT2D eigenvalue weighted by Gasteiger charge is -2.15. The average Bonchev–Trinajstić information content (AvgIpc) is 3.06. The van der Waals surface area contributed by atoms with E-state index in [0.29, 0.717) is 5.82 Å². The molecule has 1 aliphatic carbocycles. The number of nitrogens with zero attached hydrogens (tertiary/aromatic N) is 2. The SMILES string of the molecule is O[C@H](CNc1ncnc2sc3c(c12)CCCC3)COc1ccc(F)c(F)c1. The Morgan fingerprint density at radius 2 is 2.04 bits per heavy atom. The zero-order valence-electron chi connectivity index (χ0n) is 14.5. The van der Waals surface area contributed by atoms with E-state index in [0.717, 1.165) is 41.6 Å². The number of aromatic nitrogens is 2. The third kappa shape index (κ3) is 3.86. The van der Waals surface area contributed by atoms with Gasteiger partial charge in [0.15, 0.2) is 11.6 Å². The van der Waals surface area contributed by atoms with Crippen LogP contribution in [-0.4, -0.2) is 34.3 Å². The first kappa shape index (κ1) is 18.1. The maximum absolute atomic E-state index is 13.2. The Bertz CT molecular complexity index is 964. The van der Waals surface area contributed by atoms with Crippen LogP contribution in [0.4, 0.5) is 14.6 Å². The van der Waals surface area contributed by atoms with Gasteiger partial charge in [0.05, 0.1) is 5.39 Å². The van der Waals surface area contributed by atoms with Crippen molar-refractivity contribution in [1.82, 2.24) is 9.97 Å². The highest BCUT2D eigenvalue weighted by atomic mass is 32.1. The zero-order valence-corrected chi connectivity index (χ0v) is 15.4. The lowest BCUT2D eigenvalue weighted by atomic mass is 9.97. The lowest BCUT2D eigenvalue weighted by Crippen LogP contribution is -2.26. The highest BCUT2D eigenvalue weighted by molar-refractivity contribution is 7.19. The Kier molecular flexibility index (Phi) is 5.18. The highest BCUT2D eigenvalue weighted by Gasteiger charge is 2.20. The number of ether oxygens (including phenoxy) is 1. The minimum absolute atomic E-state index is 0.0476. The van der Waals surface area contributed by atoms with Crippen LogP contribution >= 0.6 is 11.3 Å².